The molecule has 0 saturated heterocycles. The molecule has 1 aromatic heterocycles. The van der Waals surface area contributed by atoms with Gasteiger partial charge in [-0.2, -0.15) is 0 Å². The van der Waals surface area contributed by atoms with Crippen molar-refractivity contribution in [2.24, 2.45) is 0 Å². The van der Waals surface area contributed by atoms with E-state index in [1.807, 2.05) is 6.20 Å². The number of aliphatic hydroxyl groups excluding tert-OH is 2. The van der Waals surface area contributed by atoms with Crippen molar-refractivity contribution in [1.29, 1.82) is 0 Å². The summed E-state index contributed by atoms with van der Waals surface area (Å²) in [5.41, 5.74) is 0.853. The smallest absolute Gasteiger partial charge is 0.0964 e. The predicted octanol–water partition coefficient (Wildman–Crippen LogP) is -0.0889. The van der Waals surface area contributed by atoms with Crippen LogP contribution in [-0.2, 0) is 13.1 Å². The summed E-state index contributed by atoms with van der Waals surface area (Å²) < 4.78 is 1.72. The van der Waals surface area contributed by atoms with E-state index in [2.05, 4.69) is 22.6 Å². The molecule has 0 bridgehead atoms. The Labute approximate surface area is 102 Å². The second kappa shape index (κ2) is 8.16. The second-order valence-corrected chi connectivity index (χ2v) is 4.12. The van der Waals surface area contributed by atoms with Gasteiger partial charge in [-0.25, -0.2) is 0 Å². The largest absolute Gasteiger partial charge is 0.396 e. The normalized spacial score (nSPS) is 12.9. The highest BCUT2D eigenvalue weighted by molar-refractivity contribution is 4.91. The van der Waals surface area contributed by atoms with E-state index in [4.69, 9.17) is 5.11 Å². The van der Waals surface area contributed by atoms with Crippen LogP contribution < -0.4 is 5.32 Å². The van der Waals surface area contributed by atoms with E-state index in [0.29, 0.717) is 26.1 Å². The Bertz CT molecular complexity index is 303. The molecule has 6 nitrogen and oxygen atoms in total. The fourth-order valence-electron chi connectivity index (χ4n) is 1.56. The van der Waals surface area contributed by atoms with Gasteiger partial charge in [0.2, 0.25) is 0 Å². The summed E-state index contributed by atoms with van der Waals surface area (Å²) in [5.74, 6) is 0. The van der Waals surface area contributed by atoms with Crippen LogP contribution in [0.4, 0.5) is 0 Å². The van der Waals surface area contributed by atoms with Gasteiger partial charge in [-0.05, 0) is 12.8 Å². The topological polar surface area (TPSA) is 83.2 Å². The number of hydrogen-bond acceptors (Lipinski definition) is 5. The van der Waals surface area contributed by atoms with Crippen molar-refractivity contribution in [2.75, 3.05) is 13.2 Å². The van der Waals surface area contributed by atoms with Crippen LogP contribution in [0.15, 0.2) is 6.20 Å². The number of nitrogens with one attached hydrogen (secondary N) is 1. The molecule has 0 spiro atoms. The summed E-state index contributed by atoms with van der Waals surface area (Å²) in [6, 6.07) is 0. The average molecular weight is 242 g/mol. The van der Waals surface area contributed by atoms with Crippen LogP contribution in [0.1, 0.15) is 31.9 Å². The van der Waals surface area contributed by atoms with E-state index < -0.39 is 0 Å². The van der Waals surface area contributed by atoms with Gasteiger partial charge in [0.25, 0.3) is 0 Å². The van der Waals surface area contributed by atoms with Gasteiger partial charge in [0, 0.05) is 32.4 Å². The lowest BCUT2D eigenvalue weighted by Gasteiger charge is -2.08. The highest BCUT2D eigenvalue weighted by atomic mass is 16.3. The highest BCUT2D eigenvalue weighted by Crippen LogP contribution is 1.97. The summed E-state index contributed by atoms with van der Waals surface area (Å²) in [6.45, 7) is 4.09. The van der Waals surface area contributed by atoms with Crippen LogP contribution in [0.3, 0.4) is 0 Å². The molecule has 0 saturated carbocycles. The molecule has 0 radical (unpaired) electrons. The maximum absolute atomic E-state index is 9.52. The lowest BCUT2D eigenvalue weighted by atomic mass is 10.2. The van der Waals surface area contributed by atoms with Crippen molar-refractivity contribution in [2.45, 2.75) is 45.4 Å². The average Bonchev–Trinajstić information content (AvgIpc) is 2.75. The van der Waals surface area contributed by atoms with E-state index in [-0.39, 0.29) is 12.7 Å². The highest BCUT2D eigenvalue weighted by Gasteiger charge is 2.03. The van der Waals surface area contributed by atoms with Gasteiger partial charge in [-0.1, -0.05) is 18.6 Å². The minimum atomic E-state index is -0.288. The standard InChI is InChI=1S/C11H22N4O2/c1-2-4-11(17)8-12-7-10-9-15(14-13-10)5-3-6-16/h9,11-12,16-17H,2-8H2,1H3. The van der Waals surface area contributed by atoms with Crippen LogP contribution in [0.5, 0.6) is 0 Å². The number of rotatable bonds is 9. The Balaban J connectivity index is 2.20. The van der Waals surface area contributed by atoms with Gasteiger partial charge < -0.3 is 15.5 Å². The van der Waals surface area contributed by atoms with Crippen LogP contribution in [0.2, 0.25) is 0 Å². The van der Waals surface area contributed by atoms with Crippen molar-refractivity contribution >= 4 is 0 Å². The summed E-state index contributed by atoms with van der Waals surface area (Å²) in [6.07, 6.45) is 4.06. The van der Waals surface area contributed by atoms with Crippen molar-refractivity contribution < 1.29 is 10.2 Å². The quantitative estimate of drug-likeness (QED) is 0.564. The zero-order valence-corrected chi connectivity index (χ0v) is 10.3. The first-order chi connectivity index (χ1) is 8.26. The molecule has 1 rings (SSSR count). The zero-order valence-electron chi connectivity index (χ0n) is 10.3. The van der Waals surface area contributed by atoms with Gasteiger partial charge in [0.05, 0.1) is 11.8 Å². The molecule has 0 aromatic carbocycles. The molecule has 0 amide bonds. The Hall–Kier alpha value is -0.980. The van der Waals surface area contributed by atoms with Gasteiger partial charge in [-0.3, -0.25) is 4.68 Å². The lowest BCUT2D eigenvalue weighted by Crippen LogP contribution is -2.26. The molecule has 1 aromatic rings. The van der Waals surface area contributed by atoms with E-state index in [0.717, 1.165) is 18.5 Å². The molecule has 0 aliphatic carbocycles. The Morgan fingerprint density at radius 2 is 2.35 bits per heavy atom. The van der Waals surface area contributed by atoms with E-state index in [9.17, 15) is 5.11 Å². The van der Waals surface area contributed by atoms with E-state index >= 15 is 0 Å². The molecule has 1 unspecified atom stereocenters. The first-order valence-corrected chi connectivity index (χ1v) is 6.15. The third kappa shape index (κ3) is 5.76. The maximum atomic E-state index is 9.52. The third-order valence-electron chi connectivity index (χ3n) is 2.44. The third-order valence-corrected chi connectivity index (χ3v) is 2.44. The Kier molecular flexibility index (Phi) is 6.76. The fraction of sp³-hybridized carbons (Fsp3) is 0.818. The maximum Gasteiger partial charge on any atom is 0.0964 e. The van der Waals surface area contributed by atoms with Crippen molar-refractivity contribution in [3.8, 4) is 0 Å². The van der Waals surface area contributed by atoms with Crippen LogP contribution >= 0.6 is 0 Å². The number of hydrogen-bond donors (Lipinski definition) is 3. The summed E-state index contributed by atoms with van der Waals surface area (Å²) in [5, 5.41) is 29.3. The summed E-state index contributed by atoms with van der Waals surface area (Å²) in [4.78, 5) is 0. The molecule has 1 atom stereocenters. The molecule has 0 aliphatic rings. The lowest BCUT2D eigenvalue weighted by molar-refractivity contribution is 0.160. The van der Waals surface area contributed by atoms with Gasteiger partial charge >= 0.3 is 0 Å². The molecule has 98 valence electrons. The minimum absolute atomic E-state index is 0.163. The molecule has 17 heavy (non-hydrogen) atoms. The molecule has 1 heterocycles. The van der Waals surface area contributed by atoms with Gasteiger partial charge in [0.1, 0.15) is 0 Å². The van der Waals surface area contributed by atoms with Crippen LogP contribution in [-0.4, -0.2) is 44.5 Å². The first kappa shape index (κ1) is 14.1. The Morgan fingerprint density at radius 1 is 1.53 bits per heavy atom. The number of aliphatic hydroxyl groups is 2. The van der Waals surface area contributed by atoms with Crippen molar-refractivity contribution in [3.05, 3.63) is 11.9 Å². The fourth-order valence-corrected chi connectivity index (χ4v) is 1.56. The molecular formula is C11H22N4O2. The molecule has 6 heteroatoms. The summed E-state index contributed by atoms with van der Waals surface area (Å²) in [7, 11) is 0. The van der Waals surface area contributed by atoms with Gasteiger partial charge in [0.15, 0.2) is 0 Å². The minimum Gasteiger partial charge on any atom is -0.396 e. The van der Waals surface area contributed by atoms with E-state index in [1.54, 1.807) is 4.68 Å². The van der Waals surface area contributed by atoms with Crippen LogP contribution in [0, 0.1) is 0 Å². The SMILES string of the molecule is CCCC(O)CNCc1cn(CCCO)nn1. The number of aromatic nitrogens is 3. The second-order valence-electron chi connectivity index (χ2n) is 4.12. The molecule has 0 aliphatic heterocycles. The number of aryl methyl sites for hydroxylation is 1. The predicted molar refractivity (Wildman–Crippen MR) is 64.3 cm³/mol. The van der Waals surface area contributed by atoms with Crippen molar-refractivity contribution in [3.63, 3.8) is 0 Å². The molecular weight excluding hydrogens is 220 g/mol. The number of nitrogens with zero attached hydrogens (tertiary/aromatic N) is 3. The van der Waals surface area contributed by atoms with E-state index in [1.165, 1.54) is 0 Å². The Morgan fingerprint density at radius 3 is 3.06 bits per heavy atom. The van der Waals surface area contributed by atoms with Crippen LogP contribution in [0.25, 0.3) is 0 Å². The zero-order chi connectivity index (χ0) is 12.5. The first-order valence-electron chi connectivity index (χ1n) is 6.15. The van der Waals surface area contributed by atoms with Gasteiger partial charge in [-0.15, -0.1) is 5.10 Å². The molecule has 3 N–H and O–H groups in total. The summed E-state index contributed by atoms with van der Waals surface area (Å²) >= 11 is 0. The van der Waals surface area contributed by atoms with Crippen molar-refractivity contribution in [1.82, 2.24) is 20.3 Å². The monoisotopic (exact) mass is 242 g/mol. The molecule has 0 fully saturated rings.